The Labute approximate surface area is 74.3 Å². The van der Waals surface area contributed by atoms with E-state index in [0.717, 1.165) is 12.3 Å². The summed E-state index contributed by atoms with van der Waals surface area (Å²) in [4.78, 5) is 10.9. The van der Waals surface area contributed by atoms with Gasteiger partial charge in [0.1, 0.15) is 0 Å². The van der Waals surface area contributed by atoms with Gasteiger partial charge in [0.25, 0.3) is 0 Å². The van der Waals surface area contributed by atoms with Crippen LogP contribution in [0, 0.1) is 5.92 Å². The number of hydrogen-bond acceptors (Lipinski definition) is 2. The predicted molar refractivity (Wildman–Crippen MR) is 47.8 cm³/mol. The monoisotopic (exact) mass is 170 g/mol. The van der Waals surface area contributed by atoms with Crippen molar-refractivity contribution in [2.24, 2.45) is 5.92 Å². The topological polar surface area (TPSA) is 26.3 Å². The number of ether oxygens (including phenoxy) is 1. The minimum atomic E-state index is -0.0678. The van der Waals surface area contributed by atoms with Gasteiger partial charge in [-0.15, -0.1) is 0 Å². The molecule has 70 valence electrons. The number of carbonyl (C=O) groups excluding carboxylic acids is 1. The molecule has 12 heavy (non-hydrogen) atoms. The van der Waals surface area contributed by atoms with Crippen molar-refractivity contribution in [2.75, 3.05) is 0 Å². The maximum Gasteiger partial charge on any atom is 0.305 e. The average Bonchev–Trinajstić information content (AvgIpc) is 1.97. The Kier molecular flexibility index (Phi) is 3.57. The van der Waals surface area contributed by atoms with Crippen molar-refractivity contribution in [2.45, 2.75) is 52.1 Å². The second-order valence-electron chi connectivity index (χ2n) is 3.69. The molecule has 1 aliphatic rings. The predicted octanol–water partition coefficient (Wildman–Crippen LogP) is 2.52. The van der Waals surface area contributed by atoms with Crippen LogP contribution in [0.3, 0.4) is 0 Å². The number of esters is 1. The molecule has 1 atom stereocenters. The first-order valence-electron chi connectivity index (χ1n) is 4.91. The summed E-state index contributed by atoms with van der Waals surface area (Å²) in [7, 11) is 0. The zero-order chi connectivity index (χ0) is 8.97. The normalized spacial score (nSPS) is 19.8. The standard InChI is InChI=1S/C10H18O2/c1-3-10(11)12-8(2)7-9-5-4-6-9/h8-9H,3-7H2,1-2H3. The lowest BCUT2D eigenvalue weighted by molar-refractivity contribution is -0.148. The van der Waals surface area contributed by atoms with E-state index in [1.807, 2.05) is 13.8 Å². The number of carbonyl (C=O) groups is 1. The molecular formula is C10H18O2. The Morgan fingerprint density at radius 2 is 2.25 bits per heavy atom. The first-order chi connectivity index (χ1) is 5.72. The third kappa shape index (κ3) is 2.84. The average molecular weight is 170 g/mol. The van der Waals surface area contributed by atoms with Crippen LogP contribution in [0.5, 0.6) is 0 Å². The van der Waals surface area contributed by atoms with E-state index in [1.54, 1.807) is 0 Å². The minimum Gasteiger partial charge on any atom is -0.463 e. The molecule has 0 aromatic heterocycles. The van der Waals surface area contributed by atoms with Gasteiger partial charge in [0, 0.05) is 6.42 Å². The summed E-state index contributed by atoms with van der Waals surface area (Å²) in [6.07, 6.45) is 5.70. The van der Waals surface area contributed by atoms with Crippen molar-refractivity contribution >= 4 is 5.97 Å². The summed E-state index contributed by atoms with van der Waals surface area (Å²) < 4.78 is 5.17. The minimum absolute atomic E-state index is 0.0678. The molecule has 1 rings (SSSR count). The lowest BCUT2D eigenvalue weighted by atomic mass is 9.82. The van der Waals surface area contributed by atoms with Gasteiger partial charge in [0.15, 0.2) is 0 Å². The zero-order valence-electron chi connectivity index (χ0n) is 8.01. The molecule has 0 heterocycles. The van der Waals surface area contributed by atoms with Crippen LogP contribution in [-0.4, -0.2) is 12.1 Å². The van der Waals surface area contributed by atoms with Crippen LogP contribution in [-0.2, 0) is 9.53 Å². The summed E-state index contributed by atoms with van der Waals surface area (Å²) in [6.45, 7) is 3.82. The second kappa shape index (κ2) is 4.48. The van der Waals surface area contributed by atoms with Crippen LogP contribution in [0.1, 0.15) is 46.0 Å². The molecule has 0 amide bonds. The molecule has 0 aromatic carbocycles. The Morgan fingerprint density at radius 3 is 2.67 bits per heavy atom. The largest absolute Gasteiger partial charge is 0.463 e. The van der Waals surface area contributed by atoms with E-state index in [-0.39, 0.29) is 12.1 Å². The molecular weight excluding hydrogens is 152 g/mol. The van der Waals surface area contributed by atoms with Gasteiger partial charge in [0.2, 0.25) is 0 Å². The lowest BCUT2D eigenvalue weighted by Crippen LogP contribution is -2.21. The lowest BCUT2D eigenvalue weighted by Gasteiger charge is -2.27. The van der Waals surface area contributed by atoms with Crippen LogP contribution < -0.4 is 0 Å². The van der Waals surface area contributed by atoms with Crippen molar-refractivity contribution in [3.63, 3.8) is 0 Å². The van der Waals surface area contributed by atoms with E-state index in [2.05, 4.69) is 0 Å². The van der Waals surface area contributed by atoms with E-state index >= 15 is 0 Å². The Bertz CT molecular complexity index is 150. The highest BCUT2D eigenvalue weighted by molar-refractivity contribution is 5.69. The molecule has 1 saturated carbocycles. The molecule has 1 fully saturated rings. The van der Waals surface area contributed by atoms with E-state index in [1.165, 1.54) is 19.3 Å². The SMILES string of the molecule is CCC(=O)OC(C)CC1CCC1. The van der Waals surface area contributed by atoms with Crippen molar-refractivity contribution in [1.29, 1.82) is 0 Å². The van der Waals surface area contributed by atoms with Crippen LogP contribution in [0.25, 0.3) is 0 Å². The maximum absolute atomic E-state index is 10.9. The molecule has 0 saturated heterocycles. The molecule has 0 N–H and O–H groups in total. The van der Waals surface area contributed by atoms with Gasteiger partial charge in [-0.2, -0.15) is 0 Å². The van der Waals surface area contributed by atoms with Crippen molar-refractivity contribution in [1.82, 2.24) is 0 Å². The molecule has 0 spiro atoms. The van der Waals surface area contributed by atoms with Crippen LogP contribution in [0.15, 0.2) is 0 Å². The molecule has 2 heteroatoms. The smallest absolute Gasteiger partial charge is 0.305 e. The van der Waals surface area contributed by atoms with E-state index in [9.17, 15) is 4.79 Å². The van der Waals surface area contributed by atoms with Crippen molar-refractivity contribution in [3.05, 3.63) is 0 Å². The van der Waals surface area contributed by atoms with Gasteiger partial charge >= 0.3 is 5.97 Å². The Morgan fingerprint density at radius 1 is 1.58 bits per heavy atom. The third-order valence-electron chi connectivity index (χ3n) is 2.51. The first kappa shape index (κ1) is 9.56. The molecule has 2 nitrogen and oxygen atoms in total. The van der Waals surface area contributed by atoms with Gasteiger partial charge < -0.3 is 4.74 Å². The third-order valence-corrected chi connectivity index (χ3v) is 2.51. The van der Waals surface area contributed by atoms with E-state index in [0.29, 0.717) is 6.42 Å². The van der Waals surface area contributed by atoms with E-state index < -0.39 is 0 Å². The molecule has 0 radical (unpaired) electrons. The molecule has 1 aliphatic carbocycles. The van der Waals surface area contributed by atoms with Gasteiger partial charge in [-0.05, 0) is 19.3 Å². The van der Waals surface area contributed by atoms with Gasteiger partial charge in [0.05, 0.1) is 6.10 Å². The summed E-state index contributed by atoms with van der Waals surface area (Å²) in [5.41, 5.74) is 0. The summed E-state index contributed by atoms with van der Waals surface area (Å²) in [5, 5.41) is 0. The maximum atomic E-state index is 10.9. The fourth-order valence-electron chi connectivity index (χ4n) is 1.55. The summed E-state index contributed by atoms with van der Waals surface area (Å²) >= 11 is 0. The summed E-state index contributed by atoms with van der Waals surface area (Å²) in [5.74, 6) is 0.756. The van der Waals surface area contributed by atoms with Gasteiger partial charge in [-0.25, -0.2) is 0 Å². The fourth-order valence-corrected chi connectivity index (χ4v) is 1.55. The Hall–Kier alpha value is -0.530. The van der Waals surface area contributed by atoms with Crippen LogP contribution in [0.2, 0.25) is 0 Å². The highest BCUT2D eigenvalue weighted by Crippen LogP contribution is 2.30. The molecule has 0 bridgehead atoms. The molecule has 0 aromatic rings. The van der Waals surface area contributed by atoms with E-state index in [4.69, 9.17) is 4.74 Å². The zero-order valence-corrected chi connectivity index (χ0v) is 8.01. The first-order valence-corrected chi connectivity index (χ1v) is 4.91. The highest BCUT2D eigenvalue weighted by atomic mass is 16.5. The summed E-state index contributed by atoms with van der Waals surface area (Å²) in [6, 6.07) is 0. The van der Waals surface area contributed by atoms with Gasteiger partial charge in [-0.1, -0.05) is 26.2 Å². The van der Waals surface area contributed by atoms with Crippen LogP contribution in [0.4, 0.5) is 0 Å². The highest BCUT2D eigenvalue weighted by Gasteiger charge is 2.21. The quantitative estimate of drug-likeness (QED) is 0.606. The van der Waals surface area contributed by atoms with Gasteiger partial charge in [-0.3, -0.25) is 4.79 Å². The number of rotatable bonds is 4. The fraction of sp³-hybridized carbons (Fsp3) is 0.900. The molecule has 1 unspecified atom stereocenters. The van der Waals surface area contributed by atoms with Crippen LogP contribution >= 0.6 is 0 Å². The van der Waals surface area contributed by atoms with Crippen molar-refractivity contribution in [3.8, 4) is 0 Å². The Balaban J connectivity index is 2.10. The number of hydrogen-bond donors (Lipinski definition) is 0. The second-order valence-corrected chi connectivity index (χ2v) is 3.69. The van der Waals surface area contributed by atoms with Crippen molar-refractivity contribution < 1.29 is 9.53 Å². The molecule has 0 aliphatic heterocycles.